The van der Waals surface area contributed by atoms with Crippen LogP contribution in [-0.4, -0.2) is 48.3 Å². The summed E-state index contributed by atoms with van der Waals surface area (Å²) in [7, 11) is 3.45. The molecule has 0 unspecified atom stereocenters. The van der Waals surface area contributed by atoms with Crippen molar-refractivity contribution in [1.29, 1.82) is 0 Å². The molecule has 0 atom stereocenters. The fourth-order valence-corrected chi connectivity index (χ4v) is 3.34. The van der Waals surface area contributed by atoms with E-state index in [1.807, 2.05) is 0 Å². The Morgan fingerprint density at radius 2 is 1.62 bits per heavy atom. The molecule has 2 amide bonds. The van der Waals surface area contributed by atoms with Crippen LogP contribution in [0.1, 0.15) is 54.1 Å². The van der Waals surface area contributed by atoms with Crippen LogP contribution in [0.15, 0.2) is 48.5 Å². The minimum Gasteiger partial charge on any atom is -0.345 e. The van der Waals surface area contributed by atoms with Crippen molar-refractivity contribution < 1.29 is 9.59 Å². The summed E-state index contributed by atoms with van der Waals surface area (Å²) in [5.74, 6) is 0.447. The highest BCUT2D eigenvalue weighted by Crippen LogP contribution is 2.28. The molecule has 5 nitrogen and oxygen atoms in total. The molecule has 5 heteroatoms. The van der Waals surface area contributed by atoms with Gasteiger partial charge in [0.05, 0.1) is 6.54 Å². The molecule has 0 heterocycles. The number of hydrogen-bond donors (Lipinski definition) is 1. The lowest BCUT2D eigenvalue weighted by Gasteiger charge is -2.22. The number of hydrogen-bond acceptors (Lipinski definition) is 3. The maximum Gasteiger partial charge on any atom is 0.253 e. The van der Waals surface area contributed by atoms with Crippen LogP contribution in [0.2, 0.25) is 0 Å². The number of carbonyl (C=O) groups excluding carboxylic acids is 2. The lowest BCUT2D eigenvalue weighted by atomic mass is 10.0. The molecule has 1 aliphatic carbocycles. The van der Waals surface area contributed by atoms with Crippen molar-refractivity contribution in [3.8, 4) is 0 Å². The first-order chi connectivity index (χ1) is 13.8. The van der Waals surface area contributed by atoms with Crippen molar-refractivity contribution >= 4 is 17.5 Å². The van der Waals surface area contributed by atoms with E-state index in [2.05, 4.69) is 48.3 Å². The monoisotopic (exact) mass is 393 g/mol. The molecule has 29 heavy (non-hydrogen) atoms. The predicted octanol–water partition coefficient (Wildman–Crippen LogP) is 4.11. The van der Waals surface area contributed by atoms with E-state index in [-0.39, 0.29) is 11.8 Å². The second-order valence-electron chi connectivity index (χ2n) is 8.36. The third-order valence-electron chi connectivity index (χ3n) is 5.26. The molecule has 0 saturated heterocycles. The van der Waals surface area contributed by atoms with Gasteiger partial charge in [0.15, 0.2) is 0 Å². The molecule has 3 rings (SSSR count). The average Bonchev–Trinajstić information content (AvgIpc) is 3.53. The quantitative estimate of drug-likeness (QED) is 0.734. The number of benzene rings is 2. The highest BCUT2D eigenvalue weighted by molar-refractivity contribution is 5.96. The van der Waals surface area contributed by atoms with E-state index in [0.29, 0.717) is 29.8 Å². The summed E-state index contributed by atoms with van der Waals surface area (Å²) >= 11 is 0. The molecule has 2 aromatic rings. The standard InChI is InChI=1S/C24H31N3O2/c1-17(2)19-7-5-18(6-8-19)15-27(22-13-14-22)16-23(28)25-21-11-9-20(10-12-21)24(29)26(3)4/h5-12,17,22H,13-16H2,1-4H3,(H,25,28). The molecule has 0 radical (unpaired) electrons. The molecule has 1 fully saturated rings. The molecule has 0 aliphatic heterocycles. The van der Waals surface area contributed by atoms with Crippen LogP contribution in [0.3, 0.4) is 0 Å². The fourth-order valence-electron chi connectivity index (χ4n) is 3.34. The van der Waals surface area contributed by atoms with Gasteiger partial charge in [0.1, 0.15) is 0 Å². The average molecular weight is 394 g/mol. The largest absolute Gasteiger partial charge is 0.345 e. The van der Waals surface area contributed by atoms with Crippen molar-refractivity contribution in [2.24, 2.45) is 0 Å². The number of carbonyl (C=O) groups is 2. The second-order valence-corrected chi connectivity index (χ2v) is 8.36. The third kappa shape index (κ3) is 5.91. The summed E-state index contributed by atoms with van der Waals surface area (Å²) in [5, 5.41) is 2.95. The van der Waals surface area contributed by atoms with Gasteiger partial charge < -0.3 is 10.2 Å². The van der Waals surface area contributed by atoms with Crippen LogP contribution in [0.5, 0.6) is 0 Å². The van der Waals surface area contributed by atoms with Gasteiger partial charge in [0, 0.05) is 37.9 Å². The predicted molar refractivity (Wildman–Crippen MR) is 117 cm³/mol. The number of nitrogens with one attached hydrogen (secondary N) is 1. The Morgan fingerprint density at radius 3 is 2.14 bits per heavy atom. The number of anilines is 1. The lowest BCUT2D eigenvalue weighted by Crippen LogP contribution is -2.34. The first-order valence-corrected chi connectivity index (χ1v) is 10.3. The molecule has 1 saturated carbocycles. The van der Waals surface area contributed by atoms with Gasteiger partial charge in [-0.2, -0.15) is 0 Å². The highest BCUT2D eigenvalue weighted by Gasteiger charge is 2.30. The maximum atomic E-state index is 12.6. The van der Waals surface area contributed by atoms with E-state index in [9.17, 15) is 9.59 Å². The number of amides is 2. The normalized spacial score (nSPS) is 13.6. The Morgan fingerprint density at radius 1 is 1.00 bits per heavy atom. The summed E-state index contributed by atoms with van der Waals surface area (Å²) in [6, 6.07) is 16.2. The van der Waals surface area contributed by atoms with Gasteiger partial charge in [-0.3, -0.25) is 14.5 Å². The Balaban J connectivity index is 1.58. The van der Waals surface area contributed by atoms with Crippen molar-refractivity contribution in [1.82, 2.24) is 9.80 Å². The molecule has 0 spiro atoms. The summed E-state index contributed by atoms with van der Waals surface area (Å²) < 4.78 is 0. The van der Waals surface area contributed by atoms with Gasteiger partial charge in [-0.15, -0.1) is 0 Å². The summed E-state index contributed by atoms with van der Waals surface area (Å²) in [6.45, 7) is 5.54. The smallest absolute Gasteiger partial charge is 0.253 e. The van der Waals surface area contributed by atoms with E-state index in [1.54, 1.807) is 38.4 Å². The molecule has 154 valence electrons. The van der Waals surface area contributed by atoms with Gasteiger partial charge in [0.2, 0.25) is 5.91 Å². The SMILES string of the molecule is CC(C)c1ccc(CN(CC(=O)Nc2ccc(C(=O)N(C)C)cc2)C2CC2)cc1. The van der Waals surface area contributed by atoms with E-state index in [1.165, 1.54) is 16.0 Å². The molecule has 2 aromatic carbocycles. The fraction of sp³-hybridized carbons (Fsp3) is 0.417. The summed E-state index contributed by atoms with van der Waals surface area (Å²) in [5.41, 5.74) is 3.89. The van der Waals surface area contributed by atoms with Crippen molar-refractivity contribution in [2.75, 3.05) is 26.0 Å². The molecule has 0 bridgehead atoms. The maximum absolute atomic E-state index is 12.6. The van der Waals surface area contributed by atoms with Gasteiger partial charge in [0.25, 0.3) is 5.91 Å². The second kappa shape index (κ2) is 9.23. The molecule has 1 N–H and O–H groups in total. The highest BCUT2D eigenvalue weighted by atomic mass is 16.2. The van der Waals surface area contributed by atoms with Gasteiger partial charge in [-0.25, -0.2) is 0 Å². The summed E-state index contributed by atoms with van der Waals surface area (Å²) in [4.78, 5) is 28.3. The Kier molecular flexibility index (Phi) is 6.70. The minimum absolute atomic E-state index is 0.0256. The van der Waals surface area contributed by atoms with Crippen molar-refractivity contribution in [2.45, 2.75) is 45.2 Å². The molecule has 1 aliphatic rings. The summed E-state index contributed by atoms with van der Waals surface area (Å²) in [6.07, 6.45) is 2.30. The number of nitrogens with zero attached hydrogens (tertiary/aromatic N) is 2. The van der Waals surface area contributed by atoms with Crippen molar-refractivity contribution in [3.05, 3.63) is 65.2 Å². The van der Waals surface area contributed by atoms with Gasteiger partial charge in [-0.1, -0.05) is 38.1 Å². The Bertz CT molecular complexity index is 837. The van der Waals surface area contributed by atoms with Gasteiger partial charge in [-0.05, 0) is 54.2 Å². The van der Waals surface area contributed by atoms with Crippen LogP contribution in [-0.2, 0) is 11.3 Å². The van der Waals surface area contributed by atoms with E-state index in [4.69, 9.17) is 0 Å². The van der Waals surface area contributed by atoms with Crippen LogP contribution < -0.4 is 5.32 Å². The van der Waals surface area contributed by atoms with Crippen molar-refractivity contribution in [3.63, 3.8) is 0 Å². The topological polar surface area (TPSA) is 52.7 Å². The van der Waals surface area contributed by atoms with E-state index < -0.39 is 0 Å². The Labute approximate surface area is 173 Å². The Hall–Kier alpha value is -2.66. The zero-order valence-electron chi connectivity index (χ0n) is 17.8. The minimum atomic E-state index is -0.0497. The first kappa shape index (κ1) is 21.1. The van der Waals surface area contributed by atoms with Crippen LogP contribution in [0.25, 0.3) is 0 Å². The molecular formula is C24H31N3O2. The third-order valence-corrected chi connectivity index (χ3v) is 5.26. The number of rotatable bonds is 8. The van der Waals surface area contributed by atoms with Crippen LogP contribution in [0, 0.1) is 0 Å². The van der Waals surface area contributed by atoms with E-state index in [0.717, 1.165) is 19.4 Å². The zero-order valence-corrected chi connectivity index (χ0v) is 17.8. The van der Waals surface area contributed by atoms with E-state index >= 15 is 0 Å². The lowest BCUT2D eigenvalue weighted by molar-refractivity contribution is -0.117. The van der Waals surface area contributed by atoms with Crippen LogP contribution in [0.4, 0.5) is 5.69 Å². The van der Waals surface area contributed by atoms with Gasteiger partial charge >= 0.3 is 0 Å². The first-order valence-electron chi connectivity index (χ1n) is 10.3. The van der Waals surface area contributed by atoms with Crippen LogP contribution >= 0.6 is 0 Å². The zero-order chi connectivity index (χ0) is 21.0. The molecule has 0 aromatic heterocycles. The molecular weight excluding hydrogens is 362 g/mol.